The second kappa shape index (κ2) is 8.27. The number of aromatic nitrogens is 4. The molecule has 1 N–H and O–H groups in total. The Morgan fingerprint density at radius 2 is 2.04 bits per heavy atom. The van der Waals surface area contributed by atoms with Crippen LogP contribution in [0.5, 0.6) is 0 Å². The molecular weight excluding hydrogens is 318 g/mol. The molecule has 0 aromatic carbocycles. The molecule has 2 aromatic heterocycles. The third-order valence-corrected chi connectivity index (χ3v) is 4.67. The van der Waals surface area contributed by atoms with Crippen molar-refractivity contribution < 1.29 is 9.21 Å². The van der Waals surface area contributed by atoms with Crippen LogP contribution < -0.4 is 5.32 Å². The van der Waals surface area contributed by atoms with E-state index >= 15 is 0 Å². The molecule has 0 spiro atoms. The largest absolute Gasteiger partial charge is 0.419 e. The molecule has 3 rings (SSSR count). The van der Waals surface area contributed by atoms with Crippen LogP contribution in [-0.2, 0) is 17.8 Å². The molecule has 0 unspecified atom stereocenters. The van der Waals surface area contributed by atoms with Gasteiger partial charge in [-0.15, -0.1) is 10.2 Å². The van der Waals surface area contributed by atoms with Crippen LogP contribution >= 0.6 is 0 Å². The zero-order valence-electron chi connectivity index (χ0n) is 15.1. The number of nitrogens with zero attached hydrogens (tertiary/aromatic N) is 4. The van der Waals surface area contributed by atoms with Crippen molar-refractivity contribution in [1.29, 1.82) is 0 Å². The summed E-state index contributed by atoms with van der Waals surface area (Å²) in [4.78, 5) is 12.2. The molecule has 2 aromatic rings. The highest BCUT2D eigenvalue weighted by atomic mass is 16.4. The van der Waals surface area contributed by atoms with Gasteiger partial charge in [-0.2, -0.15) is 5.10 Å². The number of carbonyl (C=O) groups excluding carboxylic acids is 1. The monoisotopic (exact) mass is 345 g/mol. The van der Waals surface area contributed by atoms with Crippen LogP contribution in [-0.4, -0.2) is 31.9 Å². The van der Waals surface area contributed by atoms with Crippen molar-refractivity contribution in [1.82, 2.24) is 25.3 Å². The maximum atomic E-state index is 12.2. The molecule has 25 heavy (non-hydrogen) atoms. The minimum absolute atomic E-state index is 0.0705. The number of aryl methyl sites for hydroxylation is 3. The molecule has 2 heterocycles. The predicted octanol–water partition coefficient (Wildman–Crippen LogP) is 3.03. The summed E-state index contributed by atoms with van der Waals surface area (Å²) in [7, 11) is 0. The third-order valence-electron chi connectivity index (χ3n) is 4.67. The van der Waals surface area contributed by atoms with E-state index in [4.69, 9.17) is 4.42 Å². The molecule has 0 aliphatic heterocycles. The SMILES string of the molecule is CCn1nc(C)cc1-c1nnc(CCC(=O)NC2CCCCCC2)o1. The van der Waals surface area contributed by atoms with Crippen molar-refractivity contribution in [2.45, 2.75) is 77.8 Å². The number of carbonyl (C=O) groups is 1. The molecule has 1 aliphatic rings. The first kappa shape index (κ1) is 17.6. The van der Waals surface area contributed by atoms with Gasteiger partial charge in [-0.25, -0.2) is 0 Å². The van der Waals surface area contributed by atoms with Gasteiger partial charge >= 0.3 is 0 Å². The Morgan fingerprint density at radius 3 is 2.76 bits per heavy atom. The summed E-state index contributed by atoms with van der Waals surface area (Å²) in [6.07, 6.45) is 8.02. The Balaban J connectivity index is 1.53. The van der Waals surface area contributed by atoms with Gasteiger partial charge in [-0.05, 0) is 32.8 Å². The second-order valence-corrected chi connectivity index (χ2v) is 6.74. The van der Waals surface area contributed by atoms with Crippen molar-refractivity contribution in [2.24, 2.45) is 0 Å². The van der Waals surface area contributed by atoms with Crippen molar-refractivity contribution in [3.8, 4) is 11.6 Å². The number of hydrogen-bond acceptors (Lipinski definition) is 5. The number of rotatable bonds is 6. The first-order chi connectivity index (χ1) is 12.2. The molecule has 0 bridgehead atoms. The van der Waals surface area contributed by atoms with E-state index in [0.29, 0.717) is 30.7 Å². The fourth-order valence-electron chi connectivity index (χ4n) is 3.36. The van der Waals surface area contributed by atoms with Gasteiger partial charge in [-0.1, -0.05) is 25.7 Å². The van der Waals surface area contributed by atoms with Crippen LogP contribution in [0.25, 0.3) is 11.6 Å². The van der Waals surface area contributed by atoms with E-state index in [1.165, 1.54) is 25.7 Å². The highest BCUT2D eigenvalue weighted by Crippen LogP contribution is 2.20. The summed E-state index contributed by atoms with van der Waals surface area (Å²) >= 11 is 0. The first-order valence-corrected chi connectivity index (χ1v) is 9.32. The zero-order valence-corrected chi connectivity index (χ0v) is 15.1. The van der Waals surface area contributed by atoms with Gasteiger partial charge < -0.3 is 9.73 Å². The zero-order chi connectivity index (χ0) is 17.6. The summed E-state index contributed by atoms with van der Waals surface area (Å²) < 4.78 is 7.56. The third kappa shape index (κ3) is 4.67. The summed E-state index contributed by atoms with van der Waals surface area (Å²) in [6.45, 7) is 4.69. The van der Waals surface area contributed by atoms with Gasteiger partial charge in [0.2, 0.25) is 11.8 Å². The topological polar surface area (TPSA) is 85.8 Å². The highest BCUT2D eigenvalue weighted by Gasteiger charge is 2.17. The van der Waals surface area contributed by atoms with Crippen molar-refractivity contribution >= 4 is 5.91 Å². The standard InChI is InChI=1S/C18H27N5O2/c1-3-23-15(12-13(2)22-23)18-21-20-17(25-18)11-10-16(24)19-14-8-6-4-5-7-9-14/h12,14H,3-11H2,1-2H3,(H,19,24). The molecule has 1 saturated carbocycles. The lowest BCUT2D eigenvalue weighted by molar-refractivity contribution is -0.121. The Hall–Kier alpha value is -2.18. The van der Waals surface area contributed by atoms with Gasteiger partial charge in [0.25, 0.3) is 5.89 Å². The van der Waals surface area contributed by atoms with E-state index in [9.17, 15) is 4.79 Å². The lowest BCUT2D eigenvalue weighted by atomic mass is 10.1. The molecule has 0 radical (unpaired) electrons. The van der Waals surface area contributed by atoms with E-state index in [1.54, 1.807) is 0 Å². The quantitative estimate of drug-likeness (QED) is 0.813. The number of amides is 1. The molecule has 7 heteroatoms. The van der Waals surface area contributed by atoms with Crippen molar-refractivity contribution in [2.75, 3.05) is 0 Å². The summed E-state index contributed by atoms with van der Waals surface area (Å²) in [5.41, 5.74) is 1.74. The molecule has 136 valence electrons. The average molecular weight is 345 g/mol. The lowest BCUT2D eigenvalue weighted by Crippen LogP contribution is -2.34. The average Bonchev–Trinajstić information content (AvgIpc) is 3.13. The van der Waals surface area contributed by atoms with Crippen LogP contribution in [0.2, 0.25) is 0 Å². The molecule has 0 saturated heterocycles. The molecule has 7 nitrogen and oxygen atoms in total. The molecule has 1 fully saturated rings. The maximum Gasteiger partial charge on any atom is 0.265 e. The van der Waals surface area contributed by atoms with Gasteiger partial charge in [0, 0.05) is 25.4 Å². The van der Waals surface area contributed by atoms with Crippen molar-refractivity contribution in [3.05, 3.63) is 17.7 Å². The number of nitrogens with one attached hydrogen (secondary N) is 1. The molecule has 1 aliphatic carbocycles. The van der Waals surface area contributed by atoms with Gasteiger partial charge in [0.15, 0.2) is 0 Å². The fourth-order valence-corrected chi connectivity index (χ4v) is 3.36. The van der Waals surface area contributed by atoms with Crippen LogP contribution in [0.15, 0.2) is 10.5 Å². The Kier molecular flexibility index (Phi) is 5.83. The normalized spacial score (nSPS) is 15.9. The Labute approximate surface area is 148 Å². The second-order valence-electron chi connectivity index (χ2n) is 6.74. The fraction of sp³-hybridized carbons (Fsp3) is 0.667. The lowest BCUT2D eigenvalue weighted by Gasteiger charge is -2.15. The minimum atomic E-state index is 0.0705. The minimum Gasteiger partial charge on any atom is -0.419 e. The van der Waals surface area contributed by atoms with Crippen LogP contribution in [0.1, 0.15) is 63.5 Å². The van der Waals surface area contributed by atoms with Gasteiger partial charge in [-0.3, -0.25) is 9.48 Å². The number of hydrogen-bond donors (Lipinski definition) is 1. The Bertz CT molecular complexity index is 698. The van der Waals surface area contributed by atoms with Crippen LogP contribution in [0.4, 0.5) is 0 Å². The summed E-state index contributed by atoms with van der Waals surface area (Å²) in [5, 5.41) is 15.7. The predicted molar refractivity (Wildman–Crippen MR) is 93.9 cm³/mol. The van der Waals surface area contributed by atoms with E-state index in [2.05, 4.69) is 20.6 Å². The maximum absolute atomic E-state index is 12.2. The van der Waals surface area contributed by atoms with Gasteiger partial charge in [0.05, 0.1) is 5.69 Å². The summed E-state index contributed by atoms with van der Waals surface area (Å²) in [6, 6.07) is 2.26. The van der Waals surface area contributed by atoms with E-state index in [1.807, 2.05) is 24.6 Å². The summed E-state index contributed by atoms with van der Waals surface area (Å²) in [5.74, 6) is 1.02. The molecular formula is C18H27N5O2. The molecule has 1 amide bonds. The first-order valence-electron chi connectivity index (χ1n) is 9.32. The van der Waals surface area contributed by atoms with Gasteiger partial charge in [0.1, 0.15) is 5.69 Å². The van der Waals surface area contributed by atoms with E-state index < -0.39 is 0 Å². The van der Waals surface area contributed by atoms with E-state index in [0.717, 1.165) is 30.8 Å². The highest BCUT2D eigenvalue weighted by molar-refractivity contribution is 5.76. The van der Waals surface area contributed by atoms with Crippen molar-refractivity contribution in [3.63, 3.8) is 0 Å². The Morgan fingerprint density at radius 1 is 1.28 bits per heavy atom. The van der Waals surface area contributed by atoms with E-state index in [-0.39, 0.29) is 5.91 Å². The van der Waals surface area contributed by atoms with Crippen LogP contribution in [0, 0.1) is 6.92 Å². The molecule has 0 atom stereocenters. The van der Waals surface area contributed by atoms with Crippen LogP contribution in [0.3, 0.4) is 0 Å². The smallest absolute Gasteiger partial charge is 0.265 e.